The summed E-state index contributed by atoms with van der Waals surface area (Å²) in [6.07, 6.45) is 1.65. The highest BCUT2D eigenvalue weighted by molar-refractivity contribution is 7.13. The number of carbonyl (C=O) groups excluding carboxylic acids is 2. The Morgan fingerprint density at radius 1 is 1.07 bits per heavy atom. The maximum atomic E-state index is 13.3. The molecule has 6 rings (SSSR count). The molecule has 0 unspecified atom stereocenters. The molecule has 4 heterocycles. The van der Waals surface area contributed by atoms with Crippen molar-refractivity contribution in [2.75, 3.05) is 18.4 Å². The molecule has 2 aliphatic rings. The summed E-state index contributed by atoms with van der Waals surface area (Å²) in [4.78, 5) is 36.5. The number of imidazole rings is 1. The molecule has 0 radical (unpaired) electrons. The first-order chi connectivity index (χ1) is 19.4. The van der Waals surface area contributed by atoms with E-state index in [1.807, 2.05) is 17.7 Å². The number of aromatic nitrogens is 3. The second-order valence-corrected chi connectivity index (χ2v) is 11.3. The molecule has 2 aliphatic heterocycles. The van der Waals surface area contributed by atoms with Crippen molar-refractivity contribution in [3.8, 4) is 17.2 Å². The molecule has 4 aromatic rings. The molecule has 2 aromatic heterocycles. The van der Waals surface area contributed by atoms with Gasteiger partial charge < -0.3 is 20.5 Å². The van der Waals surface area contributed by atoms with E-state index < -0.39 is 0 Å². The summed E-state index contributed by atoms with van der Waals surface area (Å²) >= 11 is 8.18. The number of hydrogen-bond donors (Lipinski definition) is 3. The highest BCUT2D eigenvalue weighted by atomic mass is 35.5. The summed E-state index contributed by atoms with van der Waals surface area (Å²) < 4.78 is 1.87. The highest BCUT2D eigenvalue weighted by Gasteiger charge is 2.24. The van der Waals surface area contributed by atoms with E-state index >= 15 is 0 Å². The van der Waals surface area contributed by atoms with Crippen LogP contribution < -0.4 is 16.0 Å². The second-order valence-electron chi connectivity index (χ2n) is 9.80. The highest BCUT2D eigenvalue weighted by Crippen LogP contribution is 2.37. The predicted molar refractivity (Wildman–Crippen MR) is 154 cm³/mol. The van der Waals surface area contributed by atoms with Gasteiger partial charge in [-0.2, -0.15) is 5.26 Å². The summed E-state index contributed by atoms with van der Waals surface area (Å²) in [6.45, 7) is 3.05. The van der Waals surface area contributed by atoms with Gasteiger partial charge >= 0.3 is 0 Å². The standard InChI is InChI=1S/C29H26ClN7O2S/c1-37-23-9-11-32-14-22(23)34-27(37)24(38)12-16-4-2-5-17(19(16)13-31)18-6-3-7-21(26(18)30)35-28(39)29-36-20-8-10-33-15-25(20)40-29/h2-7,32-33H,8-12,14-15H2,1H3,(H,35,39). The SMILES string of the molecule is Cn1c(C(=O)Cc2cccc(-c3cccc(NC(=O)c4nc5c(s4)CNCC5)c3Cl)c2C#N)nc2c1CCNC2. The van der Waals surface area contributed by atoms with Crippen LogP contribution in [0.4, 0.5) is 5.69 Å². The molecule has 0 atom stereocenters. The molecule has 0 saturated carbocycles. The van der Waals surface area contributed by atoms with Gasteiger partial charge in [0, 0.05) is 74.2 Å². The van der Waals surface area contributed by atoms with E-state index in [-0.39, 0.29) is 18.1 Å². The molecule has 0 bridgehead atoms. The van der Waals surface area contributed by atoms with Gasteiger partial charge in [-0.25, -0.2) is 9.97 Å². The molecule has 0 spiro atoms. The van der Waals surface area contributed by atoms with Crippen molar-refractivity contribution in [3.05, 3.63) is 85.3 Å². The first kappa shape index (κ1) is 26.3. The van der Waals surface area contributed by atoms with Crippen molar-refractivity contribution < 1.29 is 9.59 Å². The molecule has 202 valence electrons. The summed E-state index contributed by atoms with van der Waals surface area (Å²) in [5.41, 5.74) is 5.48. The smallest absolute Gasteiger partial charge is 0.284 e. The third kappa shape index (κ3) is 4.82. The normalized spacial score (nSPS) is 14.2. The number of Topliss-reactive ketones (excluding diaryl/α,β-unsaturated/α-hetero) is 1. The van der Waals surface area contributed by atoms with E-state index in [4.69, 9.17) is 11.6 Å². The van der Waals surface area contributed by atoms with E-state index in [9.17, 15) is 14.9 Å². The van der Waals surface area contributed by atoms with Crippen LogP contribution in [0.15, 0.2) is 36.4 Å². The lowest BCUT2D eigenvalue weighted by Crippen LogP contribution is -2.24. The Bertz CT molecular complexity index is 1680. The number of halogens is 1. The molecule has 2 aromatic carbocycles. The summed E-state index contributed by atoms with van der Waals surface area (Å²) in [5, 5.41) is 20.3. The molecular weight excluding hydrogens is 546 g/mol. The molecule has 11 heteroatoms. The number of hydrogen-bond acceptors (Lipinski definition) is 8. The zero-order chi connectivity index (χ0) is 27.8. The third-order valence-electron chi connectivity index (χ3n) is 7.32. The van der Waals surface area contributed by atoms with Gasteiger partial charge in [-0.3, -0.25) is 9.59 Å². The molecule has 9 nitrogen and oxygen atoms in total. The average Bonchev–Trinajstić information content (AvgIpc) is 3.56. The predicted octanol–water partition coefficient (Wildman–Crippen LogP) is 4.04. The van der Waals surface area contributed by atoms with E-state index in [1.54, 1.807) is 30.3 Å². The van der Waals surface area contributed by atoms with Gasteiger partial charge in [0.2, 0.25) is 5.78 Å². The zero-order valence-electron chi connectivity index (χ0n) is 21.8. The molecule has 0 fully saturated rings. The van der Waals surface area contributed by atoms with E-state index in [1.165, 1.54) is 11.3 Å². The minimum Gasteiger partial charge on any atom is -0.328 e. The largest absolute Gasteiger partial charge is 0.328 e. The molecular formula is C29H26ClN7O2S. The van der Waals surface area contributed by atoms with Crippen molar-refractivity contribution in [2.24, 2.45) is 7.05 Å². The Balaban J connectivity index is 1.28. The number of amides is 1. The van der Waals surface area contributed by atoms with Crippen LogP contribution in [0.5, 0.6) is 0 Å². The first-order valence-electron chi connectivity index (χ1n) is 13.0. The Labute approximate surface area is 240 Å². The Hall–Kier alpha value is -3.88. The van der Waals surface area contributed by atoms with E-state index in [0.717, 1.165) is 47.9 Å². The topological polar surface area (TPSA) is 125 Å². The Morgan fingerprint density at radius 2 is 1.85 bits per heavy atom. The van der Waals surface area contributed by atoms with Crippen LogP contribution in [0, 0.1) is 11.3 Å². The van der Waals surface area contributed by atoms with Gasteiger partial charge in [-0.05, 0) is 11.6 Å². The number of carbonyl (C=O) groups is 2. The minimum atomic E-state index is -0.328. The quantitative estimate of drug-likeness (QED) is 0.298. The van der Waals surface area contributed by atoms with Crippen LogP contribution in [-0.4, -0.2) is 39.3 Å². The third-order valence-corrected chi connectivity index (χ3v) is 8.83. The van der Waals surface area contributed by atoms with Gasteiger partial charge in [0.15, 0.2) is 10.8 Å². The number of benzene rings is 2. The van der Waals surface area contributed by atoms with E-state index in [2.05, 4.69) is 32.0 Å². The number of anilines is 1. The van der Waals surface area contributed by atoms with Gasteiger partial charge in [-0.15, -0.1) is 11.3 Å². The van der Waals surface area contributed by atoms with Crippen molar-refractivity contribution in [2.45, 2.75) is 32.4 Å². The second kappa shape index (κ2) is 10.9. The molecule has 0 saturated heterocycles. The number of fused-ring (bicyclic) bond motifs is 2. The fourth-order valence-electron chi connectivity index (χ4n) is 5.30. The lowest BCUT2D eigenvalue weighted by atomic mass is 9.93. The monoisotopic (exact) mass is 571 g/mol. The maximum absolute atomic E-state index is 13.3. The number of thiazole rings is 1. The molecule has 0 aliphatic carbocycles. The minimum absolute atomic E-state index is 0.0332. The number of rotatable bonds is 6. The summed E-state index contributed by atoms with van der Waals surface area (Å²) in [5.74, 6) is -0.0874. The number of nitriles is 1. The number of ketones is 1. The molecule has 3 N–H and O–H groups in total. The summed E-state index contributed by atoms with van der Waals surface area (Å²) in [7, 11) is 1.86. The fraction of sp³-hybridized carbons (Fsp3) is 0.276. The van der Waals surface area contributed by atoms with Crippen LogP contribution in [0.3, 0.4) is 0 Å². The van der Waals surface area contributed by atoms with Gasteiger partial charge in [0.05, 0.1) is 27.7 Å². The van der Waals surface area contributed by atoms with Crippen molar-refractivity contribution >= 4 is 40.3 Å². The van der Waals surface area contributed by atoms with Crippen LogP contribution in [0.2, 0.25) is 5.02 Å². The number of nitrogens with one attached hydrogen (secondary N) is 3. The van der Waals surface area contributed by atoms with Gasteiger partial charge in [0.1, 0.15) is 6.07 Å². The van der Waals surface area contributed by atoms with Crippen molar-refractivity contribution in [1.82, 2.24) is 25.2 Å². The molecule has 40 heavy (non-hydrogen) atoms. The average molecular weight is 572 g/mol. The zero-order valence-corrected chi connectivity index (χ0v) is 23.4. The van der Waals surface area contributed by atoms with Crippen LogP contribution in [0.1, 0.15) is 53.5 Å². The number of nitrogens with zero attached hydrogens (tertiary/aromatic N) is 4. The summed E-state index contributed by atoms with van der Waals surface area (Å²) in [6, 6.07) is 13.0. The Kier molecular flexibility index (Phi) is 7.21. The lowest BCUT2D eigenvalue weighted by Gasteiger charge is -2.14. The van der Waals surface area contributed by atoms with Gasteiger partial charge in [-0.1, -0.05) is 41.9 Å². The fourth-order valence-corrected chi connectivity index (χ4v) is 6.54. The lowest BCUT2D eigenvalue weighted by molar-refractivity contribution is 0.0978. The maximum Gasteiger partial charge on any atom is 0.284 e. The van der Waals surface area contributed by atoms with Crippen LogP contribution in [-0.2, 0) is 39.4 Å². The van der Waals surface area contributed by atoms with E-state index in [0.29, 0.717) is 56.9 Å². The Morgan fingerprint density at radius 3 is 2.65 bits per heavy atom. The molecule has 1 amide bonds. The van der Waals surface area contributed by atoms with Crippen LogP contribution >= 0.6 is 22.9 Å². The van der Waals surface area contributed by atoms with Crippen molar-refractivity contribution in [3.63, 3.8) is 0 Å². The van der Waals surface area contributed by atoms with Crippen molar-refractivity contribution in [1.29, 1.82) is 5.26 Å². The first-order valence-corrected chi connectivity index (χ1v) is 14.2. The van der Waals surface area contributed by atoms with Crippen LogP contribution in [0.25, 0.3) is 11.1 Å². The van der Waals surface area contributed by atoms with Gasteiger partial charge in [0.25, 0.3) is 5.91 Å².